The topological polar surface area (TPSA) is 38.9 Å². The van der Waals surface area contributed by atoms with Gasteiger partial charge in [0.2, 0.25) is 0 Å². The summed E-state index contributed by atoms with van der Waals surface area (Å²) in [6.45, 7) is 4.19. The Bertz CT molecular complexity index is 506. The normalized spacial score (nSPS) is 12.4. The standard InChI is InChI=1S/C15H18N2/c1-3-12-5-4-6-13(8-12)15(16)14-7-11(2)9-17-10-14/h4-10,15H,3,16H2,1-2H3. The monoisotopic (exact) mass is 226 g/mol. The van der Waals surface area contributed by atoms with Crippen LogP contribution in [0.25, 0.3) is 0 Å². The summed E-state index contributed by atoms with van der Waals surface area (Å²) >= 11 is 0. The number of nitrogens with two attached hydrogens (primary N) is 1. The second-order valence-electron chi connectivity index (χ2n) is 4.37. The van der Waals surface area contributed by atoms with Crippen LogP contribution in [-0.4, -0.2) is 4.98 Å². The Labute approximate surface area is 103 Å². The summed E-state index contributed by atoms with van der Waals surface area (Å²) in [6.07, 6.45) is 4.72. The number of hydrogen-bond acceptors (Lipinski definition) is 2. The van der Waals surface area contributed by atoms with Crippen molar-refractivity contribution in [3.63, 3.8) is 0 Å². The molecule has 1 unspecified atom stereocenters. The molecule has 0 saturated carbocycles. The van der Waals surface area contributed by atoms with Crippen molar-refractivity contribution in [3.05, 3.63) is 65.0 Å². The fourth-order valence-corrected chi connectivity index (χ4v) is 1.95. The first-order valence-corrected chi connectivity index (χ1v) is 5.96. The van der Waals surface area contributed by atoms with Crippen LogP contribution in [0.2, 0.25) is 0 Å². The fourth-order valence-electron chi connectivity index (χ4n) is 1.95. The van der Waals surface area contributed by atoms with E-state index in [4.69, 9.17) is 5.73 Å². The van der Waals surface area contributed by atoms with Crippen LogP contribution in [0.3, 0.4) is 0 Å². The number of nitrogens with zero attached hydrogens (tertiary/aromatic N) is 1. The molecule has 2 rings (SSSR count). The van der Waals surface area contributed by atoms with Gasteiger partial charge in [-0.25, -0.2) is 0 Å². The van der Waals surface area contributed by atoms with Crippen molar-refractivity contribution in [1.82, 2.24) is 4.98 Å². The minimum atomic E-state index is -0.0890. The first-order chi connectivity index (χ1) is 8.20. The van der Waals surface area contributed by atoms with Gasteiger partial charge in [0.15, 0.2) is 0 Å². The summed E-state index contributed by atoms with van der Waals surface area (Å²) in [7, 11) is 0. The summed E-state index contributed by atoms with van der Waals surface area (Å²) in [5, 5.41) is 0. The van der Waals surface area contributed by atoms with Gasteiger partial charge in [-0.15, -0.1) is 0 Å². The average molecular weight is 226 g/mol. The zero-order chi connectivity index (χ0) is 12.3. The first-order valence-electron chi connectivity index (χ1n) is 5.96. The van der Waals surface area contributed by atoms with E-state index in [9.17, 15) is 0 Å². The molecule has 0 fully saturated rings. The van der Waals surface area contributed by atoms with Crippen molar-refractivity contribution in [3.8, 4) is 0 Å². The molecular weight excluding hydrogens is 208 g/mol. The van der Waals surface area contributed by atoms with Crippen molar-refractivity contribution >= 4 is 0 Å². The zero-order valence-electron chi connectivity index (χ0n) is 10.4. The summed E-state index contributed by atoms with van der Waals surface area (Å²) in [6, 6.07) is 10.5. The molecule has 2 aromatic rings. The van der Waals surface area contributed by atoms with Crippen molar-refractivity contribution < 1.29 is 0 Å². The maximum Gasteiger partial charge on any atom is 0.0567 e. The van der Waals surface area contributed by atoms with E-state index in [1.54, 1.807) is 0 Å². The van der Waals surface area contributed by atoms with Gasteiger partial charge in [-0.3, -0.25) is 4.98 Å². The largest absolute Gasteiger partial charge is 0.320 e. The van der Waals surface area contributed by atoms with Gasteiger partial charge in [0.1, 0.15) is 0 Å². The fraction of sp³-hybridized carbons (Fsp3) is 0.267. The molecule has 2 heteroatoms. The summed E-state index contributed by atoms with van der Waals surface area (Å²) in [4.78, 5) is 4.19. The van der Waals surface area contributed by atoms with Crippen LogP contribution >= 0.6 is 0 Å². The molecule has 0 radical (unpaired) electrons. The third kappa shape index (κ3) is 2.71. The lowest BCUT2D eigenvalue weighted by atomic mass is 9.98. The van der Waals surface area contributed by atoms with Crippen LogP contribution in [0.1, 0.15) is 35.2 Å². The highest BCUT2D eigenvalue weighted by molar-refractivity contribution is 5.33. The highest BCUT2D eigenvalue weighted by Crippen LogP contribution is 2.20. The molecule has 88 valence electrons. The molecule has 17 heavy (non-hydrogen) atoms. The summed E-state index contributed by atoms with van der Waals surface area (Å²) in [5.74, 6) is 0. The molecule has 0 spiro atoms. The second kappa shape index (κ2) is 5.11. The SMILES string of the molecule is CCc1cccc(C(N)c2cncc(C)c2)c1. The molecule has 0 aliphatic rings. The summed E-state index contributed by atoms with van der Waals surface area (Å²) in [5.41, 5.74) is 10.9. The van der Waals surface area contributed by atoms with Gasteiger partial charge in [-0.1, -0.05) is 37.3 Å². The Balaban J connectivity index is 2.33. The van der Waals surface area contributed by atoms with Crippen molar-refractivity contribution in [2.24, 2.45) is 5.73 Å². The smallest absolute Gasteiger partial charge is 0.0567 e. The highest BCUT2D eigenvalue weighted by Gasteiger charge is 2.09. The number of rotatable bonds is 3. The van der Waals surface area contributed by atoms with Crippen LogP contribution < -0.4 is 5.73 Å². The van der Waals surface area contributed by atoms with Crippen LogP contribution in [0, 0.1) is 6.92 Å². The van der Waals surface area contributed by atoms with Crippen molar-refractivity contribution in [2.75, 3.05) is 0 Å². The van der Waals surface area contributed by atoms with E-state index in [1.807, 2.05) is 19.3 Å². The molecule has 0 amide bonds. The summed E-state index contributed by atoms with van der Waals surface area (Å²) < 4.78 is 0. The van der Waals surface area contributed by atoms with Crippen LogP contribution in [-0.2, 0) is 6.42 Å². The van der Waals surface area contributed by atoms with E-state index in [2.05, 4.69) is 42.2 Å². The molecule has 2 N–H and O–H groups in total. The molecule has 0 aliphatic carbocycles. The molecule has 0 aliphatic heterocycles. The van der Waals surface area contributed by atoms with E-state index in [1.165, 1.54) is 5.56 Å². The van der Waals surface area contributed by atoms with Crippen LogP contribution in [0.5, 0.6) is 0 Å². The van der Waals surface area contributed by atoms with E-state index < -0.39 is 0 Å². The van der Waals surface area contributed by atoms with Gasteiger partial charge in [-0.2, -0.15) is 0 Å². The Morgan fingerprint density at radius 1 is 1.18 bits per heavy atom. The predicted molar refractivity (Wildman–Crippen MR) is 70.8 cm³/mol. The highest BCUT2D eigenvalue weighted by atomic mass is 14.7. The van der Waals surface area contributed by atoms with E-state index in [0.29, 0.717) is 0 Å². The van der Waals surface area contributed by atoms with Gasteiger partial charge in [0.25, 0.3) is 0 Å². The lowest BCUT2D eigenvalue weighted by molar-refractivity contribution is 0.857. The number of aromatic nitrogens is 1. The second-order valence-corrected chi connectivity index (χ2v) is 4.37. The minimum absolute atomic E-state index is 0.0890. The molecule has 1 aromatic heterocycles. The molecule has 0 bridgehead atoms. The minimum Gasteiger partial charge on any atom is -0.320 e. The van der Waals surface area contributed by atoms with Crippen LogP contribution in [0.4, 0.5) is 0 Å². The predicted octanol–water partition coefficient (Wildman–Crippen LogP) is 3.00. The zero-order valence-corrected chi connectivity index (χ0v) is 10.4. The van der Waals surface area contributed by atoms with Crippen molar-refractivity contribution in [1.29, 1.82) is 0 Å². The van der Waals surface area contributed by atoms with Gasteiger partial charge < -0.3 is 5.73 Å². The van der Waals surface area contributed by atoms with Gasteiger partial charge in [0, 0.05) is 12.4 Å². The molecule has 1 aromatic carbocycles. The van der Waals surface area contributed by atoms with E-state index in [0.717, 1.165) is 23.1 Å². The quantitative estimate of drug-likeness (QED) is 0.873. The Kier molecular flexibility index (Phi) is 3.55. The van der Waals surface area contributed by atoms with Crippen LogP contribution in [0.15, 0.2) is 42.7 Å². The number of aryl methyl sites for hydroxylation is 2. The molecule has 0 saturated heterocycles. The third-order valence-electron chi connectivity index (χ3n) is 2.97. The maximum atomic E-state index is 6.27. The number of hydrogen-bond donors (Lipinski definition) is 1. The van der Waals surface area contributed by atoms with Gasteiger partial charge >= 0.3 is 0 Å². The molecular formula is C15H18N2. The Morgan fingerprint density at radius 3 is 2.71 bits per heavy atom. The maximum absolute atomic E-state index is 6.27. The lowest BCUT2D eigenvalue weighted by Crippen LogP contribution is -2.12. The Hall–Kier alpha value is -1.67. The molecule has 1 atom stereocenters. The number of pyridine rings is 1. The van der Waals surface area contributed by atoms with Gasteiger partial charge in [0.05, 0.1) is 6.04 Å². The molecule has 1 heterocycles. The first kappa shape index (κ1) is 11.8. The lowest BCUT2D eigenvalue weighted by Gasteiger charge is -2.13. The number of benzene rings is 1. The third-order valence-corrected chi connectivity index (χ3v) is 2.97. The van der Waals surface area contributed by atoms with Gasteiger partial charge in [-0.05, 0) is 35.6 Å². The van der Waals surface area contributed by atoms with Crippen molar-refractivity contribution in [2.45, 2.75) is 26.3 Å². The van der Waals surface area contributed by atoms with E-state index in [-0.39, 0.29) is 6.04 Å². The average Bonchev–Trinajstić information content (AvgIpc) is 2.38. The molecule has 2 nitrogen and oxygen atoms in total. The Morgan fingerprint density at radius 2 is 2.00 bits per heavy atom. The van der Waals surface area contributed by atoms with E-state index >= 15 is 0 Å².